The lowest BCUT2D eigenvalue weighted by Gasteiger charge is -2.19. The number of aryl methyl sites for hydroxylation is 3. The molecule has 0 spiro atoms. The van der Waals surface area contributed by atoms with Gasteiger partial charge in [-0.05, 0) is 49.6 Å². The van der Waals surface area contributed by atoms with Gasteiger partial charge in [-0.3, -0.25) is 4.79 Å². The molecule has 4 aromatic rings. The molecule has 4 rings (SSSR count). The number of hydrogen-bond donors (Lipinski definition) is 1. The second-order valence-electron chi connectivity index (χ2n) is 9.40. The maximum absolute atomic E-state index is 11.9. The summed E-state index contributed by atoms with van der Waals surface area (Å²) in [5, 5.41) is 11.1. The first-order chi connectivity index (χ1) is 17.5. The molecule has 0 unspecified atom stereocenters. The monoisotopic (exact) mass is 484 g/mol. The molecule has 1 amide bonds. The van der Waals surface area contributed by atoms with E-state index in [0.717, 1.165) is 47.7 Å². The van der Waals surface area contributed by atoms with E-state index in [1.54, 1.807) is 19.0 Å². The molecule has 1 aromatic heterocycles. The average Bonchev–Trinajstić information content (AvgIpc) is 2.89. The first kappa shape index (κ1) is 25.5. The topological polar surface area (TPSA) is 58.9 Å². The minimum absolute atomic E-state index is 0.0261. The number of carbonyl (C=O) groups is 1. The first-order valence-electron chi connectivity index (χ1n) is 12.6. The maximum Gasteiger partial charge on any atom is 0.225 e. The van der Waals surface area contributed by atoms with Gasteiger partial charge in [-0.1, -0.05) is 65.8 Å². The van der Waals surface area contributed by atoms with Gasteiger partial charge in [0.05, 0.1) is 17.5 Å². The van der Waals surface area contributed by atoms with Gasteiger partial charge in [0, 0.05) is 38.0 Å². The molecular formula is C30H36N4O2. The third-order valence-corrected chi connectivity index (χ3v) is 6.65. The smallest absolute Gasteiger partial charge is 0.225 e. The number of benzene rings is 3. The Kier molecular flexibility index (Phi) is 8.39. The van der Waals surface area contributed by atoms with Crippen LogP contribution in [0.1, 0.15) is 29.5 Å². The van der Waals surface area contributed by atoms with Crippen molar-refractivity contribution in [1.82, 2.24) is 14.8 Å². The van der Waals surface area contributed by atoms with Gasteiger partial charge in [0.15, 0.2) is 0 Å². The van der Waals surface area contributed by atoms with E-state index in [1.807, 2.05) is 12.1 Å². The lowest BCUT2D eigenvalue weighted by Crippen LogP contribution is -2.22. The highest BCUT2D eigenvalue weighted by molar-refractivity contribution is 5.95. The highest BCUT2D eigenvalue weighted by atomic mass is 16.6. The van der Waals surface area contributed by atoms with E-state index in [4.69, 9.17) is 4.84 Å². The van der Waals surface area contributed by atoms with Crippen LogP contribution in [0.3, 0.4) is 0 Å². The van der Waals surface area contributed by atoms with Crippen molar-refractivity contribution in [1.29, 1.82) is 0 Å². The number of rotatable bonds is 10. The van der Waals surface area contributed by atoms with Crippen LogP contribution in [0.15, 0.2) is 71.9 Å². The van der Waals surface area contributed by atoms with Crippen LogP contribution in [0.25, 0.3) is 21.8 Å². The van der Waals surface area contributed by atoms with Crippen LogP contribution >= 0.6 is 0 Å². The van der Waals surface area contributed by atoms with E-state index in [2.05, 4.69) is 83.5 Å². The van der Waals surface area contributed by atoms with Crippen LogP contribution in [-0.2, 0) is 22.7 Å². The van der Waals surface area contributed by atoms with Crippen LogP contribution in [0.2, 0.25) is 0 Å². The number of hydrogen-bond acceptors (Lipinski definition) is 4. The molecule has 0 bridgehead atoms. The van der Waals surface area contributed by atoms with Crippen molar-refractivity contribution in [2.45, 2.75) is 39.8 Å². The van der Waals surface area contributed by atoms with Gasteiger partial charge in [0.2, 0.25) is 5.91 Å². The fourth-order valence-corrected chi connectivity index (χ4v) is 4.50. The third-order valence-electron chi connectivity index (χ3n) is 6.65. The maximum atomic E-state index is 11.9. The molecule has 3 aromatic carbocycles. The van der Waals surface area contributed by atoms with Gasteiger partial charge >= 0.3 is 0 Å². The Morgan fingerprint density at radius 3 is 2.50 bits per heavy atom. The Morgan fingerprint density at radius 2 is 1.72 bits per heavy atom. The molecule has 1 heterocycles. The number of nitrogens with zero attached hydrogens (tertiary/aromatic N) is 3. The van der Waals surface area contributed by atoms with Crippen molar-refractivity contribution in [2.75, 3.05) is 27.2 Å². The zero-order chi connectivity index (χ0) is 25.5. The van der Waals surface area contributed by atoms with E-state index >= 15 is 0 Å². The molecule has 6 heteroatoms. The number of pyridine rings is 1. The molecule has 0 saturated carbocycles. The Morgan fingerprint density at radius 1 is 0.972 bits per heavy atom. The van der Waals surface area contributed by atoms with E-state index in [0.29, 0.717) is 6.42 Å². The molecule has 0 aliphatic heterocycles. The fraction of sp³-hybridized carbons (Fsp3) is 0.333. The summed E-state index contributed by atoms with van der Waals surface area (Å²) < 4.78 is 2.42. The molecule has 0 aliphatic rings. The van der Waals surface area contributed by atoms with Crippen LogP contribution < -0.4 is 10.7 Å². The standard InChI is InChI=1S/C30H36N4O2/c1-22-15-16-26-29(32-36-20-17-28(35)33(3)4)25-13-8-9-14-27(25)34(30(26)23(22)2)19-10-18-31-21-24-11-6-5-7-12-24/h5-9,11-16,31H,10,17-21H2,1-4H3. The average molecular weight is 485 g/mol. The Balaban J connectivity index is 1.65. The normalized spacial score (nSPS) is 11.8. The summed E-state index contributed by atoms with van der Waals surface area (Å²) in [4.78, 5) is 19.2. The van der Waals surface area contributed by atoms with Crippen molar-refractivity contribution in [3.63, 3.8) is 0 Å². The highest BCUT2D eigenvalue weighted by Gasteiger charge is 2.13. The van der Waals surface area contributed by atoms with Gasteiger partial charge < -0.3 is 19.6 Å². The van der Waals surface area contributed by atoms with Crippen LogP contribution in [0.4, 0.5) is 0 Å². The number of aromatic nitrogens is 1. The molecule has 0 atom stereocenters. The number of para-hydroxylation sites is 1. The van der Waals surface area contributed by atoms with E-state index in [9.17, 15) is 4.79 Å². The summed E-state index contributed by atoms with van der Waals surface area (Å²) in [6.45, 7) is 7.27. The van der Waals surface area contributed by atoms with E-state index in [1.165, 1.54) is 22.2 Å². The zero-order valence-electron chi connectivity index (χ0n) is 21.8. The molecular weight excluding hydrogens is 448 g/mol. The summed E-state index contributed by atoms with van der Waals surface area (Å²) in [5.74, 6) is 0.0261. The highest BCUT2D eigenvalue weighted by Crippen LogP contribution is 2.25. The second kappa shape index (κ2) is 11.9. The predicted molar refractivity (Wildman–Crippen MR) is 147 cm³/mol. The molecule has 0 aliphatic carbocycles. The minimum Gasteiger partial charge on any atom is -0.395 e. The van der Waals surface area contributed by atoms with Crippen LogP contribution in [0.5, 0.6) is 0 Å². The van der Waals surface area contributed by atoms with Gasteiger partial charge in [-0.2, -0.15) is 0 Å². The summed E-state index contributed by atoms with van der Waals surface area (Å²) in [6, 6.07) is 23.1. The van der Waals surface area contributed by atoms with E-state index in [-0.39, 0.29) is 12.5 Å². The summed E-state index contributed by atoms with van der Waals surface area (Å²) >= 11 is 0. The Labute approximate surface area is 213 Å². The Hall–Kier alpha value is -3.64. The molecule has 36 heavy (non-hydrogen) atoms. The SMILES string of the molecule is Cc1ccc2c(=NOCCC(=O)N(C)C)c3ccccc3n(CCCNCc3ccccc3)c2c1C. The predicted octanol–water partition coefficient (Wildman–Crippen LogP) is 4.90. The van der Waals surface area contributed by atoms with Crippen LogP contribution in [0, 0.1) is 13.8 Å². The lowest BCUT2D eigenvalue weighted by atomic mass is 10.0. The number of amides is 1. The summed E-state index contributed by atoms with van der Waals surface area (Å²) in [6.07, 6.45) is 1.30. The first-order valence-corrected chi connectivity index (χ1v) is 12.6. The van der Waals surface area contributed by atoms with Crippen molar-refractivity contribution < 1.29 is 9.63 Å². The quantitative estimate of drug-likeness (QED) is 0.198. The molecule has 188 valence electrons. The molecule has 0 saturated heterocycles. The Bertz CT molecular complexity index is 1410. The van der Waals surface area contributed by atoms with Crippen molar-refractivity contribution in [2.24, 2.45) is 5.16 Å². The van der Waals surface area contributed by atoms with Gasteiger partial charge in [0.25, 0.3) is 0 Å². The minimum atomic E-state index is 0.0261. The molecule has 0 fully saturated rings. The molecule has 1 N–H and O–H groups in total. The number of nitrogens with one attached hydrogen (secondary N) is 1. The third kappa shape index (κ3) is 5.77. The number of fused-ring (bicyclic) bond motifs is 2. The van der Waals surface area contributed by atoms with Gasteiger partial charge in [-0.25, -0.2) is 0 Å². The van der Waals surface area contributed by atoms with Gasteiger partial charge in [-0.15, -0.1) is 0 Å². The number of carbonyl (C=O) groups excluding carboxylic acids is 1. The second-order valence-corrected chi connectivity index (χ2v) is 9.40. The summed E-state index contributed by atoms with van der Waals surface area (Å²) in [7, 11) is 3.50. The van der Waals surface area contributed by atoms with Crippen molar-refractivity contribution in [3.05, 3.63) is 88.8 Å². The molecule has 0 radical (unpaired) electrons. The van der Waals surface area contributed by atoms with Gasteiger partial charge in [0.1, 0.15) is 12.0 Å². The lowest BCUT2D eigenvalue weighted by molar-refractivity contribution is -0.129. The van der Waals surface area contributed by atoms with Crippen molar-refractivity contribution in [3.8, 4) is 0 Å². The van der Waals surface area contributed by atoms with Crippen LogP contribution in [-0.4, -0.2) is 42.6 Å². The van der Waals surface area contributed by atoms with E-state index < -0.39 is 0 Å². The zero-order valence-corrected chi connectivity index (χ0v) is 21.8. The van der Waals surface area contributed by atoms with Crippen molar-refractivity contribution >= 4 is 27.7 Å². The molecule has 6 nitrogen and oxygen atoms in total. The largest absolute Gasteiger partial charge is 0.395 e. The summed E-state index contributed by atoms with van der Waals surface area (Å²) in [5.41, 5.74) is 6.11. The fourth-order valence-electron chi connectivity index (χ4n) is 4.50.